The fourth-order valence-electron chi connectivity index (χ4n) is 3.14. The second kappa shape index (κ2) is 8.83. The van der Waals surface area contributed by atoms with Gasteiger partial charge in [-0.1, -0.05) is 26.0 Å². The molecule has 1 aromatic carbocycles. The Labute approximate surface area is 154 Å². The molecule has 1 saturated heterocycles. The molecule has 1 atom stereocenters. The molecule has 0 spiro atoms. The average Bonchev–Trinajstić information content (AvgIpc) is 3.01. The number of rotatable bonds is 7. The van der Waals surface area contributed by atoms with Crippen molar-refractivity contribution in [3.05, 3.63) is 29.3 Å². The lowest BCUT2D eigenvalue weighted by atomic mass is 10.1. The zero-order chi connectivity index (χ0) is 19.3. The van der Waals surface area contributed by atoms with Gasteiger partial charge in [0.25, 0.3) is 5.91 Å². The van der Waals surface area contributed by atoms with Gasteiger partial charge in [0.05, 0.1) is 5.92 Å². The summed E-state index contributed by atoms with van der Waals surface area (Å²) >= 11 is 0. The first-order valence-corrected chi connectivity index (χ1v) is 9.19. The van der Waals surface area contributed by atoms with Gasteiger partial charge in [-0.3, -0.25) is 14.4 Å². The number of esters is 1. The monoisotopic (exact) mass is 360 g/mol. The van der Waals surface area contributed by atoms with E-state index in [4.69, 9.17) is 4.74 Å². The van der Waals surface area contributed by atoms with Gasteiger partial charge in [0.15, 0.2) is 6.61 Å². The molecular weight excluding hydrogens is 332 g/mol. The minimum Gasteiger partial charge on any atom is -0.455 e. The number of benzene rings is 1. The molecule has 0 bridgehead atoms. The zero-order valence-corrected chi connectivity index (χ0v) is 16.0. The third kappa shape index (κ3) is 4.62. The first kappa shape index (κ1) is 19.9. The van der Waals surface area contributed by atoms with Gasteiger partial charge in [0.2, 0.25) is 5.91 Å². The number of amides is 2. The molecule has 1 aromatic rings. The molecule has 1 aliphatic rings. The van der Waals surface area contributed by atoms with Crippen molar-refractivity contribution in [2.75, 3.05) is 18.1 Å². The van der Waals surface area contributed by atoms with Crippen LogP contribution in [0.25, 0.3) is 0 Å². The van der Waals surface area contributed by atoms with Crippen molar-refractivity contribution in [3.8, 4) is 0 Å². The Morgan fingerprint density at radius 1 is 1.27 bits per heavy atom. The van der Waals surface area contributed by atoms with Crippen LogP contribution in [0.4, 0.5) is 5.69 Å². The number of anilines is 1. The van der Waals surface area contributed by atoms with Crippen LogP contribution >= 0.6 is 0 Å². The van der Waals surface area contributed by atoms with Crippen molar-refractivity contribution < 1.29 is 19.1 Å². The lowest BCUT2D eigenvalue weighted by Crippen LogP contribution is -2.37. The van der Waals surface area contributed by atoms with Crippen LogP contribution in [0.3, 0.4) is 0 Å². The molecule has 0 radical (unpaired) electrons. The average molecular weight is 360 g/mol. The lowest BCUT2D eigenvalue weighted by molar-refractivity contribution is -0.152. The normalized spacial score (nSPS) is 16.9. The fourth-order valence-corrected chi connectivity index (χ4v) is 3.14. The molecule has 0 unspecified atom stereocenters. The van der Waals surface area contributed by atoms with E-state index in [0.29, 0.717) is 0 Å². The Hall–Kier alpha value is -2.37. The highest BCUT2D eigenvalue weighted by Crippen LogP contribution is 2.29. The first-order valence-electron chi connectivity index (χ1n) is 9.19. The van der Waals surface area contributed by atoms with Gasteiger partial charge >= 0.3 is 5.97 Å². The number of nitrogens with one attached hydrogen (secondary N) is 1. The molecule has 2 amide bonds. The summed E-state index contributed by atoms with van der Waals surface area (Å²) in [5.74, 6) is -1.43. The van der Waals surface area contributed by atoms with E-state index in [1.165, 1.54) is 0 Å². The van der Waals surface area contributed by atoms with Crippen LogP contribution in [0.15, 0.2) is 18.2 Å². The van der Waals surface area contributed by atoms with Crippen molar-refractivity contribution in [2.45, 2.75) is 53.0 Å². The largest absolute Gasteiger partial charge is 0.455 e. The predicted molar refractivity (Wildman–Crippen MR) is 99.8 cm³/mol. The standard InChI is InChI=1S/C20H28N2O4/c1-5-16(6-2)21-18(23)12-26-20(25)15-10-19(24)22(11-15)17-9-7-8-13(3)14(17)4/h7-9,15-16H,5-6,10-12H2,1-4H3,(H,21,23)/t15-/m0/s1. The van der Waals surface area contributed by atoms with Crippen LogP contribution in [0.1, 0.15) is 44.2 Å². The van der Waals surface area contributed by atoms with E-state index in [9.17, 15) is 14.4 Å². The maximum absolute atomic E-state index is 12.4. The highest BCUT2D eigenvalue weighted by molar-refractivity contribution is 6.00. The molecule has 6 nitrogen and oxygen atoms in total. The first-order chi connectivity index (χ1) is 12.4. The van der Waals surface area contributed by atoms with E-state index in [1.54, 1.807) is 4.90 Å². The summed E-state index contributed by atoms with van der Waals surface area (Å²) in [6, 6.07) is 5.87. The summed E-state index contributed by atoms with van der Waals surface area (Å²) in [6.45, 7) is 7.92. The second-order valence-electron chi connectivity index (χ2n) is 6.81. The molecule has 0 aromatic heterocycles. The van der Waals surface area contributed by atoms with Crippen LogP contribution in [-0.4, -0.2) is 37.0 Å². The molecule has 142 valence electrons. The Morgan fingerprint density at radius 3 is 2.62 bits per heavy atom. The molecule has 1 heterocycles. The summed E-state index contributed by atoms with van der Waals surface area (Å²) in [4.78, 5) is 38.1. The second-order valence-corrected chi connectivity index (χ2v) is 6.81. The number of carbonyl (C=O) groups excluding carboxylic acids is 3. The summed E-state index contributed by atoms with van der Waals surface area (Å²) in [6.07, 6.45) is 1.77. The van der Waals surface area contributed by atoms with Gasteiger partial charge in [0, 0.05) is 24.7 Å². The van der Waals surface area contributed by atoms with Crippen LogP contribution in [0, 0.1) is 19.8 Å². The lowest BCUT2D eigenvalue weighted by Gasteiger charge is -2.20. The molecule has 1 N–H and O–H groups in total. The Kier molecular flexibility index (Phi) is 6.77. The maximum atomic E-state index is 12.4. The third-order valence-corrected chi connectivity index (χ3v) is 5.02. The van der Waals surface area contributed by atoms with E-state index in [-0.39, 0.29) is 37.4 Å². The molecule has 2 rings (SSSR count). The van der Waals surface area contributed by atoms with Crippen LogP contribution in [-0.2, 0) is 19.1 Å². The zero-order valence-electron chi connectivity index (χ0n) is 16.0. The van der Waals surface area contributed by atoms with Crippen molar-refractivity contribution in [3.63, 3.8) is 0 Å². The maximum Gasteiger partial charge on any atom is 0.311 e. The van der Waals surface area contributed by atoms with Crippen LogP contribution in [0.2, 0.25) is 0 Å². The summed E-state index contributed by atoms with van der Waals surface area (Å²) < 4.78 is 5.13. The fraction of sp³-hybridized carbons (Fsp3) is 0.550. The topological polar surface area (TPSA) is 75.7 Å². The molecule has 6 heteroatoms. The SMILES string of the molecule is CCC(CC)NC(=O)COC(=O)[C@H]1CC(=O)N(c2cccc(C)c2C)C1. The third-order valence-electron chi connectivity index (χ3n) is 5.02. The Bertz CT molecular complexity index is 682. The van der Waals surface area contributed by atoms with Crippen molar-refractivity contribution in [1.82, 2.24) is 5.32 Å². The molecule has 1 fully saturated rings. The molecule has 1 aliphatic heterocycles. The van der Waals surface area contributed by atoms with Crippen LogP contribution < -0.4 is 10.2 Å². The highest BCUT2D eigenvalue weighted by atomic mass is 16.5. The molecule has 26 heavy (non-hydrogen) atoms. The van der Waals surface area contributed by atoms with E-state index in [0.717, 1.165) is 29.7 Å². The van der Waals surface area contributed by atoms with Crippen molar-refractivity contribution in [1.29, 1.82) is 0 Å². The summed E-state index contributed by atoms with van der Waals surface area (Å²) in [5.41, 5.74) is 2.95. The van der Waals surface area contributed by atoms with Crippen molar-refractivity contribution in [2.24, 2.45) is 5.92 Å². The van der Waals surface area contributed by atoms with Gasteiger partial charge < -0.3 is 15.0 Å². The smallest absolute Gasteiger partial charge is 0.311 e. The minimum atomic E-state index is -0.539. The highest BCUT2D eigenvalue weighted by Gasteiger charge is 2.37. The molecule has 0 saturated carbocycles. The number of carbonyl (C=O) groups is 3. The molecular formula is C20H28N2O4. The van der Waals surface area contributed by atoms with Crippen LogP contribution in [0.5, 0.6) is 0 Å². The van der Waals surface area contributed by atoms with Gasteiger partial charge in [-0.2, -0.15) is 0 Å². The number of hydrogen-bond donors (Lipinski definition) is 1. The van der Waals surface area contributed by atoms with E-state index in [1.807, 2.05) is 45.9 Å². The van der Waals surface area contributed by atoms with Crippen molar-refractivity contribution >= 4 is 23.5 Å². The Balaban J connectivity index is 1.92. The van der Waals surface area contributed by atoms with Gasteiger partial charge in [-0.05, 0) is 43.9 Å². The van der Waals surface area contributed by atoms with E-state index in [2.05, 4.69) is 5.32 Å². The van der Waals surface area contributed by atoms with Gasteiger partial charge in [-0.15, -0.1) is 0 Å². The number of nitrogens with zero attached hydrogens (tertiary/aromatic N) is 1. The van der Waals surface area contributed by atoms with E-state index >= 15 is 0 Å². The summed E-state index contributed by atoms with van der Waals surface area (Å²) in [5, 5.41) is 2.83. The number of ether oxygens (including phenoxy) is 1. The molecule has 0 aliphatic carbocycles. The number of aryl methyl sites for hydroxylation is 1. The van der Waals surface area contributed by atoms with E-state index < -0.39 is 11.9 Å². The minimum absolute atomic E-state index is 0.0917. The predicted octanol–water partition coefficient (Wildman–Crippen LogP) is 2.50. The quantitative estimate of drug-likeness (QED) is 0.758. The van der Waals surface area contributed by atoms with Gasteiger partial charge in [0.1, 0.15) is 0 Å². The summed E-state index contributed by atoms with van der Waals surface area (Å²) in [7, 11) is 0. The van der Waals surface area contributed by atoms with Gasteiger partial charge in [-0.25, -0.2) is 0 Å². The Morgan fingerprint density at radius 2 is 1.96 bits per heavy atom. The number of hydrogen-bond acceptors (Lipinski definition) is 4.